The Morgan fingerprint density at radius 1 is 0.824 bits per heavy atom. The number of aryl methyl sites for hydroxylation is 1. The van der Waals surface area contributed by atoms with E-state index in [0.29, 0.717) is 5.92 Å². The average Bonchev–Trinajstić information content (AvgIpc) is 2.41. The fourth-order valence-corrected chi connectivity index (χ4v) is 2.21. The van der Waals surface area contributed by atoms with E-state index in [2.05, 4.69) is 67.6 Å². The fraction of sp³-hybridized carbons (Fsp3) is 0.294. The summed E-state index contributed by atoms with van der Waals surface area (Å²) in [5.74, 6) is 0.667. The molecule has 0 saturated carbocycles. The molecule has 0 spiro atoms. The Morgan fingerprint density at radius 3 is 2.06 bits per heavy atom. The molecule has 17 heavy (non-hydrogen) atoms. The predicted molar refractivity (Wildman–Crippen MR) is 74.2 cm³/mol. The topological polar surface area (TPSA) is 0 Å². The Kier molecular flexibility index (Phi) is 4.37. The van der Waals surface area contributed by atoms with Gasteiger partial charge in [-0.05, 0) is 36.3 Å². The SMILES string of the molecule is C[C@H](CCCc1ccccc1)c1ccccc1. The molecule has 0 radical (unpaired) electrons. The first kappa shape index (κ1) is 11.9. The second-order valence-corrected chi connectivity index (χ2v) is 4.69. The normalized spacial score (nSPS) is 12.3. The summed E-state index contributed by atoms with van der Waals surface area (Å²) in [5.41, 5.74) is 2.91. The second kappa shape index (κ2) is 6.24. The summed E-state index contributed by atoms with van der Waals surface area (Å²) in [6.07, 6.45) is 3.72. The van der Waals surface area contributed by atoms with E-state index in [-0.39, 0.29) is 0 Å². The molecule has 2 aromatic rings. The van der Waals surface area contributed by atoms with Gasteiger partial charge >= 0.3 is 0 Å². The van der Waals surface area contributed by atoms with Crippen molar-refractivity contribution in [1.29, 1.82) is 0 Å². The quantitative estimate of drug-likeness (QED) is 0.683. The van der Waals surface area contributed by atoms with Crippen LogP contribution in [0.3, 0.4) is 0 Å². The lowest BCUT2D eigenvalue weighted by Crippen LogP contribution is -1.94. The van der Waals surface area contributed by atoms with E-state index in [1.54, 1.807) is 0 Å². The maximum Gasteiger partial charge on any atom is -0.0190 e. The van der Waals surface area contributed by atoms with Gasteiger partial charge in [-0.25, -0.2) is 0 Å². The van der Waals surface area contributed by atoms with E-state index < -0.39 is 0 Å². The van der Waals surface area contributed by atoms with Crippen LogP contribution >= 0.6 is 0 Å². The summed E-state index contributed by atoms with van der Waals surface area (Å²) >= 11 is 0. The molecule has 2 aromatic carbocycles. The Hall–Kier alpha value is -1.56. The summed E-state index contributed by atoms with van der Waals surface area (Å²) in [6, 6.07) is 21.6. The van der Waals surface area contributed by atoms with E-state index in [9.17, 15) is 0 Å². The monoisotopic (exact) mass is 224 g/mol. The lowest BCUT2D eigenvalue weighted by molar-refractivity contribution is 0.633. The zero-order chi connectivity index (χ0) is 11.9. The molecule has 0 nitrogen and oxygen atoms in total. The van der Waals surface area contributed by atoms with Crippen molar-refractivity contribution in [3.63, 3.8) is 0 Å². The Morgan fingerprint density at radius 2 is 1.41 bits per heavy atom. The van der Waals surface area contributed by atoms with Crippen molar-refractivity contribution in [2.45, 2.75) is 32.1 Å². The molecule has 0 heterocycles. The molecule has 0 bridgehead atoms. The first-order valence-electron chi connectivity index (χ1n) is 6.45. The number of hydrogen-bond donors (Lipinski definition) is 0. The van der Waals surface area contributed by atoms with Gasteiger partial charge in [0.25, 0.3) is 0 Å². The first-order valence-corrected chi connectivity index (χ1v) is 6.45. The van der Waals surface area contributed by atoms with Gasteiger partial charge in [-0.15, -0.1) is 0 Å². The maximum absolute atomic E-state index is 2.32. The van der Waals surface area contributed by atoms with E-state index in [4.69, 9.17) is 0 Å². The van der Waals surface area contributed by atoms with Gasteiger partial charge in [-0.3, -0.25) is 0 Å². The molecule has 0 aromatic heterocycles. The zero-order valence-corrected chi connectivity index (χ0v) is 10.5. The van der Waals surface area contributed by atoms with Crippen molar-refractivity contribution in [3.05, 3.63) is 71.8 Å². The second-order valence-electron chi connectivity index (χ2n) is 4.69. The highest BCUT2D eigenvalue weighted by Crippen LogP contribution is 2.21. The van der Waals surface area contributed by atoms with E-state index >= 15 is 0 Å². The van der Waals surface area contributed by atoms with Crippen molar-refractivity contribution in [3.8, 4) is 0 Å². The summed E-state index contributed by atoms with van der Waals surface area (Å²) in [5, 5.41) is 0. The molecular weight excluding hydrogens is 204 g/mol. The molecule has 0 amide bonds. The van der Waals surface area contributed by atoms with Crippen LogP contribution in [-0.2, 0) is 6.42 Å². The van der Waals surface area contributed by atoms with Gasteiger partial charge in [0.05, 0.1) is 0 Å². The molecule has 0 aliphatic carbocycles. The maximum atomic E-state index is 2.32. The molecule has 0 heteroatoms. The lowest BCUT2D eigenvalue weighted by atomic mass is 9.94. The van der Waals surface area contributed by atoms with Gasteiger partial charge in [0, 0.05) is 0 Å². The van der Waals surface area contributed by atoms with E-state index in [1.165, 1.54) is 30.4 Å². The van der Waals surface area contributed by atoms with Gasteiger partial charge in [-0.1, -0.05) is 67.6 Å². The van der Waals surface area contributed by atoms with Gasteiger partial charge in [0.1, 0.15) is 0 Å². The Labute approximate surface area is 104 Å². The van der Waals surface area contributed by atoms with Gasteiger partial charge in [-0.2, -0.15) is 0 Å². The van der Waals surface area contributed by atoms with Crippen LogP contribution in [-0.4, -0.2) is 0 Å². The van der Waals surface area contributed by atoms with Crippen LogP contribution in [0.4, 0.5) is 0 Å². The van der Waals surface area contributed by atoms with Crippen LogP contribution in [0.5, 0.6) is 0 Å². The molecule has 0 fully saturated rings. The minimum atomic E-state index is 0.667. The van der Waals surface area contributed by atoms with Gasteiger partial charge < -0.3 is 0 Å². The van der Waals surface area contributed by atoms with Crippen molar-refractivity contribution in [2.24, 2.45) is 0 Å². The van der Waals surface area contributed by atoms with E-state index in [1.807, 2.05) is 0 Å². The third-order valence-corrected chi connectivity index (χ3v) is 3.31. The average molecular weight is 224 g/mol. The Bertz CT molecular complexity index is 416. The zero-order valence-electron chi connectivity index (χ0n) is 10.5. The van der Waals surface area contributed by atoms with Crippen LogP contribution in [0, 0.1) is 0 Å². The fourth-order valence-electron chi connectivity index (χ4n) is 2.21. The molecule has 0 unspecified atom stereocenters. The minimum Gasteiger partial charge on any atom is -0.0622 e. The molecule has 2 rings (SSSR count). The first-order chi connectivity index (χ1) is 8.36. The molecule has 1 atom stereocenters. The molecule has 0 aliphatic heterocycles. The number of rotatable bonds is 5. The third-order valence-electron chi connectivity index (χ3n) is 3.31. The standard InChI is InChI=1S/C17H20/c1-15(17-13-6-3-7-14-17)9-8-12-16-10-4-2-5-11-16/h2-7,10-11,13-15H,8-9,12H2,1H3/t15-/m1/s1. The van der Waals surface area contributed by atoms with Crippen molar-refractivity contribution < 1.29 is 0 Å². The molecule has 0 aliphatic rings. The summed E-state index contributed by atoms with van der Waals surface area (Å²) in [4.78, 5) is 0. The highest BCUT2D eigenvalue weighted by atomic mass is 14.1. The molecule has 88 valence electrons. The van der Waals surface area contributed by atoms with Crippen molar-refractivity contribution in [1.82, 2.24) is 0 Å². The number of benzene rings is 2. The van der Waals surface area contributed by atoms with Crippen LogP contribution in [0.1, 0.15) is 36.8 Å². The molecule has 0 saturated heterocycles. The summed E-state index contributed by atoms with van der Waals surface area (Å²) < 4.78 is 0. The summed E-state index contributed by atoms with van der Waals surface area (Å²) in [6.45, 7) is 2.32. The van der Waals surface area contributed by atoms with Crippen LogP contribution in [0.25, 0.3) is 0 Å². The Balaban J connectivity index is 1.79. The molecular formula is C17H20. The van der Waals surface area contributed by atoms with Crippen molar-refractivity contribution >= 4 is 0 Å². The smallest absolute Gasteiger partial charge is 0.0190 e. The van der Waals surface area contributed by atoms with Crippen LogP contribution in [0.15, 0.2) is 60.7 Å². The predicted octanol–water partition coefficient (Wildman–Crippen LogP) is 4.81. The van der Waals surface area contributed by atoms with E-state index in [0.717, 1.165) is 0 Å². The van der Waals surface area contributed by atoms with Crippen LogP contribution in [0.2, 0.25) is 0 Å². The lowest BCUT2D eigenvalue weighted by Gasteiger charge is -2.11. The molecule has 0 N–H and O–H groups in total. The van der Waals surface area contributed by atoms with Gasteiger partial charge in [0.15, 0.2) is 0 Å². The largest absolute Gasteiger partial charge is 0.0622 e. The minimum absolute atomic E-state index is 0.667. The highest BCUT2D eigenvalue weighted by molar-refractivity contribution is 5.19. The number of hydrogen-bond acceptors (Lipinski definition) is 0. The van der Waals surface area contributed by atoms with Crippen molar-refractivity contribution in [2.75, 3.05) is 0 Å². The van der Waals surface area contributed by atoms with Crippen LogP contribution < -0.4 is 0 Å². The highest BCUT2D eigenvalue weighted by Gasteiger charge is 2.04. The van der Waals surface area contributed by atoms with Gasteiger partial charge in [0.2, 0.25) is 0 Å². The third kappa shape index (κ3) is 3.74. The summed E-state index contributed by atoms with van der Waals surface area (Å²) in [7, 11) is 0.